The first-order valence-corrected chi connectivity index (χ1v) is 14.5. The van der Waals surface area contributed by atoms with E-state index < -0.39 is 31.6 Å². The lowest BCUT2D eigenvalue weighted by atomic mass is 9.82. The van der Waals surface area contributed by atoms with Crippen LogP contribution in [-0.2, 0) is 19.9 Å². The number of hydrogen-bond acceptors (Lipinski definition) is 4. The Morgan fingerprint density at radius 2 is 1.94 bits per heavy atom. The maximum Gasteiger partial charge on any atom is 0.264 e. The molecule has 1 spiro atoms. The third kappa shape index (κ3) is 3.70. The van der Waals surface area contributed by atoms with Crippen molar-refractivity contribution in [3.8, 4) is 0 Å². The highest BCUT2D eigenvalue weighted by Gasteiger charge is 2.66. The number of nitrogens with zero attached hydrogens (tertiary/aromatic N) is 2. The molecule has 2 aliphatic heterocycles. The highest BCUT2D eigenvalue weighted by molar-refractivity contribution is 6.72. The number of ether oxygens (including phenoxy) is 1. The molecular formula is C26H31FN2O4Si. The van der Waals surface area contributed by atoms with Crippen molar-refractivity contribution in [1.82, 2.24) is 0 Å². The average molecular weight is 483 g/mol. The van der Waals surface area contributed by atoms with Crippen molar-refractivity contribution in [3.63, 3.8) is 0 Å². The first kappa shape index (κ1) is 24.3. The van der Waals surface area contributed by atoms with E-state index in [4.69, 9.17) is 4.74 Å². The van der Waals surface area contributed by atoms with Gasteiger partial charge in [0.1, 0.15) is 0 Å². The topological polar surface area (TPSA) is 70.1 Å². The fraction of sp³-hybridized carbons (Fsp3) is 0.385. The van der Waals surface area contributed by atoms with Crippen LogP contribution in [-0.4, -0.2) is 45.1 Å². The maximum atomic E-state index is 15.6. The molecule has 1 N–H and O–H groups in total. The van der Waals surface area contributed by atoms with Crippen LogP contribution >= 0.6 is 0 Å². The Balaban J connectivity index is 1.89. The Morgan fingerprint density at radius 1 is 1.24 bits per heavy atom. The number of aliphatic hydroxyl groups is 1. The Kier molecular flexibility index (Phi) is 6.50. The van der Waals surface area contributed by atoms with E-state index in [0.29, 0.717) is 22.6 Å². The van der Waals surface area contributed by atoms with Crippen molar-refractivity contribution in [2.24, 2.45) is 5.92 Å². The number of anilines is 3. The fourth-order valence-electron chi connectivity index (χ4n) is 5.75. The lowest BCUT2D eigenvalue weighted by molar-refractivity contribution is -0.146. The molecule has 0 aliphatic carbocycles. The molecule has 1 fully saturated rings. The van der Waals surface area contributed by atoms with E-state index >= 15 is 4.11 Å². The van der Waals surface area contributed by atoms with E-state index in [0.717, 1.165) is 6.41 Å². The number of para-hydroxylation sites is 1. The second-order valence-corrected chi connectivity index (χ2v) is 13.3. The fourth-order valence-corrected chi connectivity index (χ4v) is 8.29. The van der Waals surface area contributed by atoms with E-state index in [9.17, 15) is 14.7 Å². The summed E-state index contributed by atoms with van der Waals surface area (Å²) in [4.78, 5) is 29.1. The van der Waals surface area contributed by atoms with Gasteiger partial charge in [-0.15, -0.1) is 6.58 Å². The number of hydrogen-bond donors (Lipinski definition) is 1. The van der Waals surface area contributed by atoms with Gasteiger partial charge in [0.05, 0.1) is 11.8 Å². The van der Waals surface area contributed by atoms with Crippen molar-refractivity contribution in [3.05, 3.63) is 66.7 Å². The van der Waals surface area contributed by atoms with Gasteiger partial charge >= 0.3 is 0 Å². The summed E-state index contributed by atoms with van der Waals surface area (Å²) in [6, 6.07) is 14.6. The zero-order valence-electron chi connectivity index (χ0n) is 19.8. The van der Waals surface area contributed by atoms with Gasteiger partial charge in [0.25, 0.3) is 5.91 Å². The Bertz CT molecular complexity index is 1090. The zero-order valence-corrected chi connectivity index (χ0v) is 20.8. The first-order valence-electron chi connectivity index (χ1n) is 11.5. The van der Waals surface area contributed by atoms with Gasteiger partial charge < -0.3 is 18.9 Å². The summed E-state index contributed by atoms with van der Waals surface area (Å²) < 4.78 is 22.1. The molecule has 180 valence electrons. The van der Waals surface area contributed by atoms with Gasteiger partial charge in [-0.1, -0.05) is 31.2 Å². The molecule has 8 heteroatoms. The number of carbonyl (C=O) groups excluding carboxylic acids is 2. The van der Waals surface area contributed by atoms with Gasteiger partial charge in [-0.05, 0) is 49.8 Å². The summed E-state index contributed by atoms with van der Waals surface area (Å²) in [6.45, 7) is 9.04. The van der Waals surface area contributed by atoms with Crippen LogP contribution in [0.15, 0.2) is 61.2 Å². The van der Waals surface area contributed by atoms with Gasteiger partial charge in [0.2, 0.25) is 14.8 Å². The normalized spacial score (nSPS) is 26.1. The predicted octanol–water partition coefficient (Wildman–Crippen LogP) is 4.67. The van der Waals surface area contributed by atoms with Gasteiger partial charge in [0.15, 0.2) is 5.60 Å². The molecule has 4 rings (SSSR count). The molecule has 6 nitrogen and oxygen atoms in total. The summed E-state index contributed by atoms with van der Waals surface area (Å²) >= 11 is 0. The molecule has 2 aromatic carbocycles. The van der Waals surface area contributed by atoms with Crippen molar-refractivity contribution >= 4 is 37.8 Å². The van der Waals surface area contributed by atoms with Crippen molar-refractivity contribution in [1.29, 1.82) is 0 Å². The minimum Gasteiger partial charge on any atom is -0.396 e. The van der Waals surface area contributed by atoms with Crippen molar-refractivity contribution < 1.29 is 23.5 Å². The van der Waals surface area contributed by atoms with Crippen LogP contribution in [0.25, 0.3) is 0 Å². The van der Waals surface area contributed by atoms with Gasteiger partial charge in [-0.2, -0.15) is 0 Å². The highest BCUT2D eigenvalue weighted by atomic mass is 28.4. The number of amides is 2. The summed E-state index contributed by atoms with van der Waals surface area (Å²) in [5.41, 5.74) is 0.701. The van der Waals surface area contributed by atoms with Crippen LogP contribution < -0.4 is 9.80 Å². The minimum atomic E-state index is -3.26. The second-order valence-electron chi connectivity index (χ2n) is 9.50. The third-order valence-electron chi connectivity index (χ3n) is 7.09. The smallest absolute Gasteiger partial charge is 0.264 e. The number of benzene rings is 2. The lowest BCUT2D eigenvalue weighted by Gasteiger charge is -2.31. The summed E-state index contributed by atoms with van der Waals surface area (Å²) in [7, 11) is -3.26. The molecule has 0 saturated carbocycles. The SMILES string of the molecule is C=CCN1C(=O)[C@]2(O[C@H](CCO)[C@@H]([Si](C)(C)F)[C@@H]2C)c2cc(N(C=O)c3ccccc3)ccc21. The maximum absolute atomic E-state index is 15.6. The van der Waals surface area contributed by atoms with Crippen LogP contribution in [0, 0.1) is 5.92 Å². The summed E-state index contributed by atoms with van der Waals surface area (Å²) in [5.74, 6) is -0.707. The van der Waals surface area contributed by atoms with E-state index in [1.54, 1.807) is 36.2 Å². The van der Waals surface area contributed by atoms with Gasteiger partial charge in [-0.25, -0.2) is 0 Å². The standard InChI is InChI=1S/C26H31FN2O4Si/c1-5-14-28-22-12-11-20(29(17-31)19-9-7-6-8-10-19)16-21(22)26(25(28)32)18(2)24(34(3,4)27)23(33-26)13-15-30/h5-12,16-18,23-24,30H,1,13-15H2,2-4H3/t18-,23+,24-,26+/m0/s1. The van der Waals surface area contributed by atoms with Crippen molar-refractivity contribution in [2.75, 3.05) is 23.0 Å². The predicted molar refractivity (Wildman–Crippen MR) is 133 cm³/mol. The molecule has 2 aromatic rings. The van der Waals surface area contributed by atoms with Crippen LogP contribution in [0.4, 0.5) is 21.2 Å². The summed E-state index contributed by atoms with van der Waals surface area (Å²) in [6.07, 6.45) is 2.06. The van der Waals surface area contributed by atoms with E-state index in [1.807, 2.05) is 43.3 Å². The molecule has 2 amide bonds. The highest BCUT2D eigenvalue weighted by Crippen LogP contribution is 2.60. The average Bonchev–Trinajstić information content (AvgIpc) is 3.23. The second kappa shape index (κ2) is 9.09. The van der Waals surface area contributed by atoms with Gasteiger partial charge in [-0.3, -0.25) is 14.5 Å². The largest absolute Gasteiger partial charge is 0.396 e. The number of carbonyl (C=O) groups is 2. The van der Waals surface area contributed by atoms with E-state index in [-0.39, 0.29) is 25.5 Å². The Labute approximate surface area is 200 Å². The lowest BCUT2D eigenvalue weighted by Crippen LogP contribution is -2.45. The summed E-state index contributed by atoms with van der Waals surface area (Å²) in [5, 5.41) is 9.66. The molecule has 0 bridgehead atoms. The molecule has 0 radical (unpaired) electrons. The third-order valence-corrected chi connectivity index (χ3v) is 9.54. The Hall–Kier alpha value is -2.81. The molecule has 1 saturated heterocycles. The molecule has 0 unspecified atom stereocenters. The van der Waals surface area contributed by atoms with Crippen molar-refractivity contribution in [2.45, 2.75) is 43.7 Å². The van der Waals surface area contributed by atoms with Crippen LogP contribution in [0.3, 0.4) is 0 Å². The molecular weight excluding hydrogens is 451 g/mol. The Morgan fingerprint density at radius 3 is 2.53 bits per heavy atom. The van der Waals surface area contributed by atoms with Crippen LogP contribution in [0.2, 0.25) is 18.6 Å². The first-order chi connectivity index (χ1) is 16.2. The minimum absolute atomic E-state index is 0.154. The number of halogens is 1. The number of fused-ring (bicyclic) bond motifs is 2. The van der Waals surface area contributed by atoms with Crippen LogP contribution in [0.5, 0.6) is 0 Å². The van der Waals surface area contributed by atoms with E-state index in [1.165, 1.54) is 4.90 Å². The monoisotopic (exact) mass is 482 g/mol. The number of rotatable bonds is 8. The molecule has 34 heavy (non-hydrogen) atoms. The van der Waals surface area contributed by atoms with E-state index in [2.05, 4.69) is 6.58 Å². The quantitative estimate of drug-likeness (QED) is 0.257. The molecule has 4 atom stereocenters. The number of aliphatic hydroxyl groups excluding tert-OH is 1. The van der Waals surface area contributed by atoms with Gasteiger partial charge in [0, 0.05) is 41.5 Å². The molecule has 2 aliphatic rings. The molecule has 2 heterocycles. The van der Waals surface area contributed by atoms with Crippen LogP contribution in [0.1, 0.15) is 18.9 Å². The molecule has 0 aromatic heterocycles. The zero-order chi connectivity index (χ0) is 24.7.